The highest BCUT2D eigenvalue weighted by Crippen LogP contribution is 2.21. The molecule has 2 nitrogen and oxygen atoms in total. The molecule has 0 bridgehead atoms. The fourth-order valence-corrected chi connectivity index (χ4v) is 1.33. The SMILES string of the molecule is CCCOSc1ccc(O)cc1. The van der Waals surface area contributed by atoms with Crippen LogP contribution >= 0.6 is 12.0 Å². The Morgan fingerprint density at radius 2 is 2.00 bits per heavy atom. The van der Waals surface area contributed by atoms with Gasteiger partial charge in [-0.15, -0.1) is 0 Å². The van der Waals surface area contributed by atoms with Gasteiger partial charge in [-0.1, -0.05) is 6.92 Å². The van der Waals surface area contributed by atoms with Crippen LogP contribution in [0.1, 0.15) is 13.3 Å². The maximum atomic E-state index is 8.98. The quantitative estimate of drug-likeness (QED) is 0.576. The molecule has 12 heavy (non-hydrogen) atoms. The van der Waals surface area contributed by atoms with Crippen molar-refractivity contribution in [1.82, 2.24) is 0 Å². The van der Waals surface area contributed by atoms with Crippen LogP contribution in [0.5, 0.6) is 5.75 Å². The van der Waals surface area contributed by atoms with Gasteiger partial charge in [0.05, 0.1) is 6.61 Å². The molecule has 0 aromatic heterocycles. The Bertz CT molecular complexity index is 220. The van der Waals surface area contributed by atoms with Gasteiger partial charge in [0.25, 0.3) is 0 Å². The van der Waals surface area contributed by atoms with Crippen molar-refractivity contribution in [1.29, 1.82) is 0 Å². The predicted molar refractivity (Wildman–Crippen MR) is 50.2 cm³/mol. The Morgan fingerprint density at radius 3 is 2.58 bits per heavy atom. The first-order valence-electron chi connectivity index (χ1n) is 3.91. The minimum absolute atomic E-state index is 0.287. The number of rotatable bonds is 4. The third-order valence-electron chi connectivity index (χ3n) is 1.28. The lowest BCUT2D eigenvalue weighted by molar-refractivity contribution is 0.373. The molecule has 1 N–H and O–H groups in total. The van der Waals surface area contributed by atoms with E-state index in [2.05, 4.69) is 6.92 Å². The Kier molecular flexibility index (Phi) is 3.97. The van der Waals surface area contributed by atoms with Gasteiger partial charge in [0, 0.05) is 16.9 Å². The van der Waals surface area contributed by atoms with Crippen molar-refractivity contribution < 1.29 is 9.29 Å². The molecule has 0 aliphatic rings. The molecule has 1 rings (SSSR count). The zero-order chi connectivity index (χ0) is 8.81. The van der Waals surface area contributed by atoms with Crippen LogP contribution in [0.25, 0.3) is 0 Å². The number of phenols is 1. The van der Waals surface area contributed by atoms with Crippen LogP contribution in [-0.4, -0.2) is 11.7 Å². The van der Waals surface area contributed by atoms with Gasteiger partial charge < -0.3 is 9.29 Å². The van der Waals surface area contributed by atoms with Crippen LogP contribution in [0.2, 0.25) is 0 Å². The summed E-state index contributed by atoms with van der Waals surface area (Å²) in [4.78, 5) is 1.02. The molecular weight excluding hydrogens is 172 g/mol. The molecule has 1 aromatic rings. The van der Waals surface area contributed by atoms with Gasteiger partial charge >= 0.3 is 0 Å². The Balaban J connectivity index is 2.37. The van der Waals surface area contributed by atoms with Gasteiger partial charge in [-0.05, 0) is 30.7 Å². The van der Waals surface area contributed by atoms with E-state index >= 15 is 0 Å². The molecule has 0 aliphatic heterocycles. The maximum Gasteiger partial charge on any atom is 0.115 e. The second-order valence-electron chi connectivity index (χ2n) is 2.40. The summed E-state index contributed by atoms with van der Waals surface area (Å²) >= 11 is 1.34. The minimum Gasteiger partial charge on any atom is -0.508 e. The third kappa shape index (κ3) is 3.15. The van der Waals surface area contributed by atoms with E-state index in [0.29, 0.717) is 0 Å². The molecule has 66 valence electrons. The van der Waals surface area contributed by atoms with Crippen molar-refractivity contribution in [2.45, 2.75) is 18.2 Å². The van der Waals surface area contributed by atoms with Crippen LogP contribution in [-0.2, 0) is 4.18 Å². The largest absolute Gasteiger partial charge is 0.508 e. The Labute approximate surface area is 76.8 Å². The molecule has 3 heteroatoms. The lowest BCUT2D eigenvalue weighted by atomic mass is 10.3. The van der Waals surface area contributed by atoms with Crippen molar-refractivity contribution in [3.8, 4) is 5.75 Å². The Hall–Kier alpha value is -0.670. The van der Waals surface area contributed by atoms with E-state index in [0.717, 1.165) is 17.9 Å². The maximum absolute atomic E-state index is 8.98. The fourth-order valence-electron chi connectivity index (χ4n) is 0.695. The summed E-state index contributed by atoms with van der Waals surface area (Å²) in [6, 6.07) is 6.96. The molecule has 0 atom stereocenters. The molecule has 0 saturated carbocycles. The molecule has 0 fully saturated rings. The van der Waals surface area contributed by atoms with E-state index in [1.54, 1.807) is 12.1 Å². The topological polar surface area (TPSA) is 29.5 Å². The van der Waals surface area contributed by atoms with Crippen molar-refractivity contribution in [3.63, 3.8) is 0 Å². The van der Waals surface area contributed by atoms with Crippen LogP contribution in [0.4, 0.5) is 0 Å². The summed E-state index contributed by atoms with van der Waals surface area (Å²) in [6.07, 6.45) is 1.02. The molecule has 0 aliphatic carbocycles. The number of benzene rings is 1. The highest BCUT2D eigenvalue weighted by atomic mass is 32.2. The summed E-state index contributed by atoms with van der Waals surface area (Å²) in [5.41, 5.74) is 0. The van der Waals surface area contributed by atoms with Crippen molar-refractivity contribution in [3.05, 3.63) is 24.3 Å². The highest BCUT2D eigenvalue weighted by molar-refractivity contribution is 7.94. The van der Waals surface area contributed by atoms with Crippen molar-refractivity contribution in [2.75, 3.05) is 6.61 Å². The average molecular weight is 184 g/mol. The second kappa shape index (κ2) is 5.06. The first-order valence-corrected chi connectivity index (χ1v) is 4.65. The molecule has 0 radical (unpaired) electrons. The first-order chi connectivity index (χ1) is 5.83. The summed E-state index contributed by atoms with van der Waals surface area (Å²) in [7, 11) is 0. The molecule has 0 saturated heterocycles. The van der Waals surface area contributed by atoms with Gasteiger partial charge in [0.2, 0.25) is 0 Å². The van der Waals surface area contributed by atoms with E-state index in [9.17, 15) is 0 Å². The molecule has 1 aromatic carbocycles. The van der Waals surface area contributed by atoms with E-state index in [1.807, 2.05) is 12.1 Å². The lowest BCUT2D eigenvalue weighted by Crippen LogP contribution is -1.81. The van der Waals surface area contributed by atoms with Crippen molar-refractivity contribution in [2.24, 2.45) is 0 Å². The fraction of sp³-hybridized carbons (Fsp3) is 0.333. The third-order valence-corrected chi connectivity index (χ3v) is 2.03. The molecular formula is C9H12O2S. The van der Waals surface area contributed by atoms with Crippen LogP contribution in [0.15, 0.2) is 29.2 Å². The molecule has 0 unspecified atom stereocenters. The zero-order valence-electron chi connectivity index (χ0n) is 6.99. The minimum atomic E-state index is 0.287. The van der Waals surface area contributed by atoms with Crippen molar-refractivity contribution >= 4 is 12.0 Å². The van der Waals surface area contributed by atoms with Gasteiger partial charge in [-0.2, -0.15) is 0 Å². The van der Waals surface area contributed by atoms with E-state index in [4.69, 9.17) is 9.29 Å². The number of hydrogen-bond donors (Lipinski definition) is 1. The normalized spacial score (nSPS) is 10.1. The van der Waals surface area contributed by atoms with Gasteiger partial charge in [-0.3, -0.25) is 0 Å². The smallest absolute Gasteiger partial charge is 0.115 e. The number of phenolic OH excluding ortho intramolecular Hbond substituents is 1. The summed E-state index contributed by atoms with van der Waals surface area (Å²) in [5.74, 6) is 0.287. The van der Waals surface area contributed by atoms with E-state index in [-0.39, 0.29) is 5.75 Å². The summed E-state index contributed by atoms with van der Waals surface area (Å²) < 4.78 is 5.24. The molecule has 0 spiro atoms. The summed E-state index contributed by atoms with van der Waals surface area (Å²) in [6.45, 7) is 2.82. The van der Waals surface area contributed by atoms with Crippen LogP contribution in [0.3, 0.4) is 0 Å². The number of aromatic hydroxyl groups is 1. The number of hydrogen-bond acceptors (Lipinski definition) is 3. The predicted octanol–water partition coefficient (Wildman–Crippen LogP) is 2.83. The molecule has 0 amide bonds. The first kappa shape index (κ1) is 9.42. The lowest BCUT2D eigenvalue weighted by Gasteiger charge is -2.00. The van der Waals surface area contributed by atoms with Gasteiger partial charge in [0.15, 0.2) is 0 Å². The molecule has 0 heterocycles. The second-order valence-corrected chi connectivity index (χ2v) is 3.27. The van der Waals surface area contributed by atoms with Crippen LogP contribution < -0.4 is 0 Å². The van der Waals surface area contributed by atoms with Gasteiger partial charge in [0.1, 0.15) is 5.75 Å². The standard InChI is InChI=1S/C9H12O2S/c1-2-7-11-12-9-5-3-8(10)4-6-9/h3-6,10H,2,7H2,1H3. The highest BCUT2D eigenvalue weighted by Gasteiger charge is 1.93. The zero-order valence-corrected chi connectivity index (χ0v) is 7.80. The summed E-state index contributed by atoms with van der Waals surface area (Å²) in [5, 5.41) is 8.98. The monoisotopic (exact) mass is 184 g/mol. The van der Waals surface area contributed by atoms with E-state index < -0.39 is 0 Å². The van der Waals surface area contributed by atoms with Crippen LogP contribution in [0, 0.1) is 0 Å². The Morgan fingerprint density at radius 1 is 1.33 bits per heavy atom. The van der Waals surface area contributed by atoms with E-state index in [1.165, 1.54) is 12.0 Å². The van der Waals surface area contributed by atoms with Gasteiger partial charge in [-0.25, -0.2) is 0 Å². The average Bonchev–Trinajstić information content (AvgIpc) is 2.09.